The van der Waals surface area contributed by atoms with Gasteiger partial charge in [0.2, 0.25) is 0 Å². The van der Waals surface area contributed by atoms with E-state index in [9.17, 15) is 0 Å². The summed E-state index contributed by atoms with van der Waals surface area (Å²) in [6, 6.07) is 37.4. The van der Waals surface area contributed by atoms with Gasteiger partial charge < -0.3 is 4.57 Å². The van der Waals surface area contributed by atoms with Crippen molar-refractivity contribution >= 4 is 55.4 Å². The Labute approximate surface area is 206 Å². The van der Waals surface area contributed by atoms with Crippen LogP contribution in [-0.4, -0.2) is 19.9 Å². The summed E-state index contributed by atoms with van der Waals surface area (Å²) in [5.41, 5.74) is 6.35. The first kappa shape index (κ1) is 19.3. The average Bonchev–Trinajstić information content (AvgIpc) is 3.59. The molecule has 0 saturated heterocycles. The van der Waals surface area contributed by atoms with Crippen LogP contribution in [0.5, 0.6) is 0 Å². The molecule has 35 heavy (non-hydrogen) atoms. The van der Waals surface area contributed by atoms with E-state index in [2.05, 4.69) is 112 Å². The number of para-hydroxylation sites is 4. The molecule has 0 bridgehead atoms. The van der Waals surface area contributed by atoms with Gasteiger partial charge in [-0.25, -0.2) is 4.98 Å². The maximum absolute atomic E-state index is 4.97. The minimum absolute atomic E-state index is 0.259. The van der Waals surface area contributed by atoms with Gasteiger partial charge in [-0.05, 0) is 35.9 Å². The Kier molecular flexibility index (Phi) is 3.99. The molecule has 4 aromatic carbocycles. The Bertz CT molecular complexity index is 1820. The molecule has 0 amide bonds. The SMILES string of the molecule is c1ccc2c(c1)c1ccccc1n2-c1nccc2c1SCC2n1c2ccccc2c2ccccc21. The lowest BCUT2D eigenvalue weighted by Crippen LogP contribution is -2.10. The summed E-state index contributed by atoms with van der Waals surface area (Å²) in [6.07, 6.45) is 1.99. The first-order valence-electron chi connectivity index (χ1n) is 12.0. The molecule has 0 fully saturated rings. The Morgan fingerprint density at radius 1 is 0.600 bits per heavy atom. The van der Waals surface area contributed by atoms with Crippen LogP contribution < -0.4 is 0 Å². The molecule has 7 aromatic rings. The van der Waals surface area contributed by atoms with Crippen LogP contribution in [0.2, 0.25) is 0 Å². The van der Waals surface area contributed by atoms with E-state index in [-0.39, 0.29) is 6.04 Å². The highest BCUT2D eigenvalue weighted by molar-refractivity contribution is 7.99. The van der Waals surface area contributed by atoms with E-state index < -0.39 is 0 Å². The quantitative estimate of drug-likeness (QED) is 0.257. The van der Waals surface area contributed by atoms with Crippen molar-refractivity contribution in [3.05, 3.63) is 115 Å². The maximum atomic E-state index is 4.97. The molecule has 4 heterocycles. The molecule has 3 aromatic heterocycles. The highest BCUT2D eigenvalue weighted by Crippen LogP contribution is 2.47. The third-order valence-electron chi connectivity index (χ3n) is 7.38. The molecule has 0 spiro atoms. The Balaban J connectivity index is 1.40. The highest BCUT2D eigenvalue weighted by Gasteiger charge is 2.31. The van der Waals surface area contributed by atoms with Gasteiger partial charge >= 0.3 is 0 Å². The monoisotopic (exact) mass is 467 g/mol. The zero-order valence-corrected chi connectivity index (χ0v) is 19.7. The molecule has 1 atom stereocenters. The zero-order valence-electron chi connectivity index (χ0n) is 18.9. The summed E-state index contributed by atoms with van der Waals surface area (Å²) in [4.78, 5) is 6.25. The van der Waals surface area contributed by atoms with Crippen LogP contribution in [0, 0.1) is 0 Å². The molecular formula is C31H21N3S. The number of aromatic nitrogens is 3. The molecule has 0 saturated carbocycles. The lowest BCUT2D eigenvalue weighted by atomic mass is 10.1. The van der Waals surface area contributed by atoms with E-state index in [0.717, 1.165) is 11.6 Å². The fourth-order valence-electron chi connectivity index (χ4n) is 5.93. The summed E-state index contributed by atoms with van der Waals surface area (Å²) in [5.74, 6) is 2.03. The molecular weight excluding hydrogens is 446 g/mol. The van der Waals surface area contributed by atoms with Gasteiger partial charge in [-0.3, -0.25) is 4.57 Å². The Morgan fingerprint density at radius 2 is 1.09 bits per heavy atom. The Hall–Kier alpha value is -4.02. The summed E-state index contributed by atoms with van der Waals surface area (Å²) in [5, 5.41) is 5.17. The van der Waals surface area contributed by atoms with Gasteiger partial charge in [-0.1, -0.05) is 72.8 Å². The summed E-state index contributed by atoms with van der Waals surface area (Å²) in [7, 11) is 0. The molecule has 1 aliphatic heterocycles. The average molecular weight is 468 g/mol. The van der Waals surface area contributed by atoms with Crippen LogP contribution in [0.1, 0.15) is 11.6 Å². The van der Waals surface area contributed by atoms with Crippen molar-refractivity contribution < 1.29 is 0 Å². The van der Waals surface area contributed by atoms with Crippen LogP contribution >= 0.6 is 11.8 Å². The third kappa shape index (κ3) is 2.60. The molecule has 1 aliphatic rings. The predicted octanol–water partition coefficient (Wildman–Crippen LogP) is 7.98. The van der Waals surface area contributed by atoms with Crippen LogP contribution in [0.15, 0.2) is 114 Å². The molecule has 8 rings (SSSR count). The number of fused-ring (bicyclic) bond motifs is 7. The van der Waals surface area contributed by atoms with Crippen LogP contribution in [0.4, 0.5) is 0 Å². The van der Waals surface area contributed by atoms with E-state index in [0.29, 0.717) is 0 Å². The fraction of sp³-hybridized carbons (Fsp3) is 0.0645. The first-order valence-corrected chi connectivity index (χ1v) is 13.0. The van der Waals surface area contributed by atoms with Gasteiger partial charge in [0.1, 0.15) is 0 Å². The van der Waals surface area contributed by atoms with Gasteiger partial charge in [0.15, 0.2) is 5.82 Å². The van der Waals surface area contributed by atoms with Crippen molar-refractivity contribution in [2.45, 2.75) is 10.9 Å². The number of thioether (sulfide) groups is 1. The number of rotatable bonds is 2. The zero-order chi connectivity index (χ0) is 22.9. The highest BCUT2D eigenvalue weighted by atomic mass is 32.2. The van der Waals surface area contributed by atoms with Crippen molar-refractivity contribution in [1.29, 1.82) is 0 Å². The van der Waals surface area contributed by atoms with Crippen molar-refractivity contribution in [1.82, 2.24) is 14.1 Å². The van der Waals surface area contributed by atoms with Crippen LogP contribution in [0.3, 0.4) is 0 Å². The molecule has 4 heteroatoms. The standard InChI is InChI=1S/C31H21N3S/c1-5-13-25-20(9-1)21-10-2-6-14-26(21)33(25)29-19-35-30-24(29)17-18-32-31(30)34-27-15-7-3-11-22(27)23-12-4-8-16-28(23)34/h1-18,29H,19H2. The van der Waals surface area contributed by atoms with Crippen molar-refractivity contribution in [3.8, 4) is 5.82 Å². The molecule has 166 valence electrons. The second kappa shape index (κ2) is 7.24. The normalized spacial score (nSPS) is 15.5. The van der Waals surface area contributed by atoms with Crippen molar-refractivity contribution in [3.63, 3.8) is 0 Å². The van der Waals surface area contributed by atoms with Crippen LogP contribution in [-0.2, 0) is 0 Å². The number of hydrogen-bond acceptors (Lipinski definition) is 2. The largest absolute Gasteiger partial charge is 0.332 e. The van der Waals surface area contributed by atoms with Gasteiger partial charge in [0.25, 0.3) is 0 Å². The number of hydrogen-bond donors (Lipinski definition) is 0. The molecule has 0 radical (unpaired) electrons. The molecule has 3 nitrogen and oxygen atoms in total. The van der Waals surface area contributed by atoms with Gasteiger partial charge in [-0.2, -0.15) is 0 Å². The third-order valence-corrected chi connectivity index (χ3v) is 8.57. The smallest absolute Gasteiger partial charge is 0.151 e. The summed E-state index contributed by atoms with van der Waals surface area (Å²) >= 11 is 1.93. The summed E-state index contributed by atoms with van der Waals surface area (Å²) < 4.78 is 4.89. The fourth-order valence-corrected chi connectivity index (χ4v) is 7.22. The molecule has 1 unspecified atom stereocenters. The van der Waals surface area contributed by atoms with Crippen molar-refractivity contribution in [2.75, 3.05) is 5.75 Å². The first-order chi connectivity index (χ1) is 17.4. The van der Waals surface area contributed by atoms with Gasteiger partial charge in [-0.15, -0.1) is 11.8 Å². The Morgan fingerprint density at radius 3 is 1.66 bits per heavy atom. The predicted molar refractivity (Wildman–Crippen MR) is 147 cm³/mol. The van der Waals surface area contributed by atoms with Crippen molar-refractivity contribution in [2.24, 2.45) is 0 Å². The molecule has 0 N–H and O–H groups in total. The van der Waals surface area contributed by atoms with E-state index >= 15 is 0 Å². The minimum atomic E-state index is 0.259. The van der Waals surface area contributed by atoms with E-state index in [4.69, 9.17) is 4.98 Å². The topological polar surface area (TPSA) is 22.8 Å². The second-order valence-corrected chi connectivity index (χ2v) is 10.2. The number of benzene rings is 4. The van der Waals surface area contributed by atoms with E-state index in [1.54, 1.807) is 0 Å². The number of nitrogens with zero attached hydrogens (tertiary/aromatic N) is 3. The minimum Gasteiger partial charge on any atom is -0.332 e. The molecule has 0 aliphatic carbocycles. The van der Waals surface area contributed by atoms with E-state index in [1.807, 2.05) is 18.0 Å². The number of pyridine rings is 1. The maximum Gasteiger partial charge on any atom is 0.151 e. The lowest BCUT2D eigenvalue weighted by molar-refractivity contribution is 0.694. The second-order valence-electron chi connectivity index (χ2n) is 9.15. The van der Waals surface area contributed by atoms with Crippen LogP contribution in [0.25, 0.3) is 49.4 Å². The lowest BCUT2D eigenvalue weighted by Gasteiger charge is -2.17. The van der Waals surface area contributed by atoms with Gasteiger partial charge in [0, 0.05) is 44.5 Å². The summed E-state index contributed by atoms with van der Waals surface area (Å²) in [6.45, 7) is 0. The van der Waals surface area contributed by atoms with Gasteiger partial charge in [0.05, 0.1) is 22.0 Å². The van der Waals surface area contributed by atoms with E-state index in [1.165, 1.54) is 54.1 Å².